The highest BCUT2D eigenvalue weighted by Gasteiger charge is 2.58. The molecule has 1 N–H and O–H groups in total. The summed E-state index contributed by atoms with van der Waals surface area (Å²) in [6.45, 7) is 1.91. The number of thioether (sulfide) groups is 1. The highest BCUT2D eigenvalue weighted by molar-refractivity contribution is 8.00. The zero-order valence-corrected chi connectivity index (χ0v) is 15.5. The fourth-order valence-corrected chi connectivity index (χ4v) is 5.82. The van der Waals surface area contributed by atoms with Crippen molar-refractivity contribution in [3.05, 3.63) is 44.4 Å². The summed E-state index contributed by atoms with van der Waals surface area (Å²) in [6.07, 6.45) is 0. The molecule has 0 spiro atoms. The number of nitrogens with one attached hydrogen (secondary N) is 1. The second-order valence-electron chi connectivity index (χ2n) is 6.12. The highest BCUT2D eigenvalue weighted by atomic mass is 32.2. The Morgan fingerprint density at radius 1 is 1.15 bits per heavy atom. The van der Waals surface area contributed by atoms with Crippen molar-refractivity contribution < 1.29 is 19.1 Å². The molecule has 3 atom stereocenters. The molecule has 134 valence electrons. The van der Waals surface area contributed by atoms with Crippen LogP contribution in [0.25, 0.3) is 0 Å². The van der Waals surface area contributed by atoms with Crippen molar-refractivity contribution in [3.63, 3.8) is 0 Å². The first-order chi connectivity index (χ1) is 12.4. The van der Waals surface area contributed by atoms with E-state index in [0.717, 1.165) is 33.6 Å². The predicted octanol–water partition coefficient (Wildman–Crippen LogP) is 1.67. The van der Waals surface area contributed by atoms with Crippen LogP contribution in [0.2, 0.25) is 0 Å². The Bertz CT molecular complexity index is 978. The van der Waals surface area contributed by atoms with Gasteiger partial charge in [0.25, 0.3) is 0 Å². The van der Waals surface area contributed by atoms with Crippen LogP contribution in [0.4, 0.5) is 5.69 Å². The highest BCUT2D eigenvalue weighted by Crippen LogP contribution is 2.51. The minimum Gasteiger partial charge on any atom is -0.469 e. The SMILES string of the molecule is COC(=O)[C@@H]1c2sc(=O)[nH]c2S[C@@H]2C(=O)N(c3ccc(C)cc3)C(=O)[C@H]21. The number of ether oxygens (including phenoxy) is 1. The lowest BCUT2D eigenvalue weighted by atomic mass is 9.89. The maximum Gasteiger partial charge on any atom is 0.314 e. The van der Waals surface area contributed by atoms with Gasteiger partial charge in [-0.2, -0.15) is 0 Å². The summed E-state index contributed by atoms with van der Waals surface area (Å²) < 4.78 is 4.86. The third-order valence-electron chi connectivity index (χ3n) is 4.57. The molecule has 0 unspecified atom stereocenters. The van der Waals surface area contributed by atoms with E-state index in [9.17, 15) is 19.2 Å². The molecule has 9 heteroatoms. The molecule has 2 aliphatic rings. The average molecular weight is 390 g/mol. The Morgan fingerprint density at radius 2 is 1.85 bits per heavy atom. The third kappa shape index (κ3) is 2.42. The topological polar surface area (TPSA) is 96.5 Å². The van der Waals surface area contributed by atoms with Crippen LogP contribution < -0.4 is 9.77 Å². The van der Waals surface area contributed by atoms with Gasteiger partial charge in [0.2, 0.25) is 11.8 Å². The maximum absolute atomic E-state index is 13.1. The first-order valence-corrected chi connectivity index (χ1v) is 9.54. The largest absolute Gasteiger partial charge is 0.469 e. The third-order valence-corrected chi connectivity index (χ3v) is 6.97. The number of esters is 1. The number of H-pyrrole nitrogens is 1. The molecule has 2 aromatic rings. The number of hydrogen-bond donors (Lipinski definition) is 1. The quantitative estimate of drug-likeness (QED) is 0.619. The number of rotatable bonds is 2. The molecule has 1 aromatic carbocycles. The maximum atomic E-state index is 13.1. The van der Waals surface area contributed by atoms with E-state index in [1.165, 1.54) is 7.11 Å². The van der Waals surface area contributed by atoms with E-state index in [2.05, 4.69) is 4.98 Å². The van der Waals surface area contributed by atoms with Crippen molar-refractivity contribution in [2.24, 2.45) is 5.92 Å². The summed E-state index contributed by atoms with van der Waals surface area (Å²) in [6, 6.07) is 7.05. The van der Waals surface area contributed by atoms with Crippen molar-refractivity contribution in [2.75, 3.05) is 12.0 Å². The van der Waals surface area contributed by atoms with E-state index in [1.807, 2.05) is 19.1 Å². The van der Waals surface area contributed by atoms with Gasteiger partial charge in [-0.3, -0.25) is 19.2 Å². The molecule has 0 aliphatic carbocycles. The van der Waals surface area contributed by atoms with Gasteiger partial charge >= 0.3 is 10.8 Å². The Balaban J connectivity index is 1.81. The van der Waals surface area contributed by atoms with Crippen LogP contribution >= 0.6 is 23.1 Å². The van der Waals surface area contributed by atoms with Crippen LogP contribution in [0.5, 0.6) is 0 Å². The van der Waals surface area contributed by atoms with Gasteiger partial charge in [-0.15, -0.1) is 0 Å². The number of thiazole rings is 1. The van der Waals surface area contributed by atoms with E-state index in [0.29, 0.717) is 15.6 Å². The summed E-state index contributed by atoms with van der Waals surface area (Å²) in [4.78, 5) is 54.1. The number of hydrogen-bond acceptors (Lipinski definition) is 7. The summed E-state index contributed by atoms with van der Waals surface area (Å²) in [5.74, 6) is -3.31. The molecule has 1 fully saturated rings. The van der Waals surface area contributed by atoms with Gasteiger partial charge < -0.3 is 9.72 Å². The number of anilines is 1. The molecule has 1 aromatic heterocycles. The summed E-state index contributed by atoms with van der Waals surface area (Å²) in [5.41, 5.74) is 1.48. The molecule has 26 heavy (non-hydrogen) atoms. The molecular weight excluding hydrogens is 376 g/mol. The zero-order valence-electron chi connectivity index (χ0n) is 13.8. The average Bonchev–Trinajstić information content (AvgIpc) is 3.11. The molecule has 3 heterocycles. The lowest BCUT2D eigenvalue weighted by Crippen LogP contribution is -2.35. The molecule has 4 rings (SSSR count). The number of imide groups is 1. The number of amides is 2. The molecule has 2 amide bonds. The molecule has 2 aliphatic heterocycles. The first-order valence-electron chi connectivity index (χ1n) is 7.84. The molecule has 7 nitrogen and oxygen atoms in total. The van der Waals surface area contributed by atoms with E-state index < -0.39 is 29.0 Å². The number of aryl methyl sites for hydroxylation is 1. The number of methoxy groups -OCH3 is 1. The van der Waals surface area contributed by atoms with Crippen molar-refractivity contribution in [1.82, 2.24) is 4.98 Å². The second-order valence-corrected chi connectivity index (χ2v) is 8.29. The number of carbonyl (C=O) groups is 3. The Kier molecular flexibility index (Phi) is 4.00. The lowest BCUT2D eigenvalue weighted by molar-refractivity contribution is -0.145. The van der Waals surface area contributed by atoms with E-state index in [1.54, 1.807) is 12.1 Å². The normalized spacial score (nSPS) is 24.4. The number of carbonyl (C=O) groups excluding carboxylic acids is 3. The minimum absolute atomic E-state index is 0.327. The number of aromatic amines is 1. The van der Waals surface area contributed by atoms with Gasteiger partial charge in [-0.05, 0) is 19.1 Å². The monoisotopic (exact) mass is 390 g/mol. The minimum atomic E-state index is -0.961. The van der Waals surface area contributed by atoms with Crippen molar-refractivity contribution in [2.45, 2.75) is 23.1 Å². The van der Waals surface area contributed by atoms with Gasteiger partial charge in [0.1, 0.15) is 11.2 Å². The van der Waals surface area contributed by atoms with Crippen molar-refractivity contribution in [3.8, 4) is 0 Å². The molecule has 0 saturated carbocycles. The Hall–Kier alpha value is -2.39. The van der Waals surface area contributed by atoms with Gasteiger partial charge in [0.05, 0.1) is 28.6 Å². The van der Waals surface area contributed by atoms with E-state index >= 15 is 0 Å². The predicted molar refractivity (Wildman–Crippen MR) is 96.5 cm³/mol. The van der Waals surface area contributed by atoms with Crippen LogP contribution in [-0.4, -0.2) is 35.1 Å². The lowest BCUT2D eigenvalue weighted by Gasteiger charge is -2.27. The molecule has 0 bridgehead atoms. The van der Waals surface area contributed by atoms with Crippen LogP contribution in [0, 0.1) is 12.8 Å². The number of nitrogens with zero attached hydrogens (tertiary/aromatic N) is 1. The van der Waals surface area contributed by atoms with E-state index in [-0.39, 0.29) is 10.8 Å². The molecular formula is C17H14N2O5S2. The van der Waals surface area contributed by atoms with Crippen molar-refractivity contribution in [1.29, 1.82) is 0 Å². The van der Waals surface area contributed by atoms with Crippen LogP contribution in [0.1, 0.15) is 16.4 Å². The van der Waals surface area contributed by atoms with Crippen LogP contribution in [0.15, 0.2) is 34.1 Å². The van der Waals surface area contributed by atoms with Crippen LogP contribution in [0.3, 0.4) is 0 Å². The number of fused-ring (bicyclic) bond motifs is 2. The number of benzene rings is 1. The van der Waals surface area contributed by atoms with Gasteiger partial charge in [-0.25, -0.2) is 4.90 Å². The summed E-state index contributed by atoms with van der Waals surface area (Å²) in [5, 5.41) is -0.311. The smallest absolute Gasteiger partial charge is 0.314 e. The number of aromatic nitrogens is 1. The first kappa shape index (κ1) is 17.0. The van der Waals surface area contributed by atoms with Crippen molar-refractivity contribution >= 4 is 46.6 Å². The standard InChI is InChI=1S/C17H14N2O5S2/c1-7-3-5-8(6-4-7)19-14(20)9-10(16(22)24-2)11-13(18-17(23)26-11)25-12(9)15(19)21/h3-6,9-10,12H,1-2H3,(H,18,23)/t9-,10-,12-/m0/s1. The molecule has 1 saturated heterocycles. The fraction of sp³-hybridized carbons (Fsp3) is 0.294. The van der Waals surface area contributed by atoms with Gasteiger partial charge in [0, 0.05) is 0 Å². The van der Waals surface area contributed by atoms with Gasteiger partial charge in [-0.1, -0.05) is 40.8 Å². The summed E-state index contributed by atoms with van der Waals surface area (Å²) in [7, 11) is 1.23. The molecule has 0 radical (unpaired) electrons. The van der Waals surface area contributed by atoms with E-state index in [4.69, 9.17) is 4.74 Å². The Morgan fingerprint density at radius 3 is 2.50 bits per heavy atom. The zero-order chi connectivity index (χ0) is 18.6. The van der Waals surface area contributed by atoms with Gasteiger partial charge in [0.15, 0.2) is 0 Å². The Labute approximate surface area is 156 Å². The van der Waals surface area contributed by atoms with Crippen LogP contribution in [-0.2, 0) is 19.1 Å². The second kappa shape index (κ2) is 6.10. The summed E-state index contributed by atoms with van der Waals surface area (Å²) >= 11 is 2.01. The fourth-order valence-electron chi connectivity index (χ4n) is 3.35.